The van der Waals surface area contributed by atoms with Crippen molar-refractivity contribution in [1.82, 2.24) is 10.2 Å². The summed E-state index contributed by atoms with van der Waals surface area (Å²) in [4.78, 5) is 24.9. The lowest BCUT2D eigenvalue weighted by molar-refractivity contribution is -0.136. The first-order valence-electron chi connectivity index (χ1n) is 11.1. The van der Waals surface area contributed by atoms with Crippen molar-refractivity contribution in [3.05, 3.63) is 0 Å². The predicted molar refractivity (Wildman–Crippen MR) is 116 cm³/mol. The summed E-state index contributed by atoms with van der Waals surface area (Å²) in [6, 6.07) is 0. The van der Waals surface area contributed by atoms with Crippen molar-refractivity contribution in [2.75, 3.05) is 53.2 Å². The largest absolute Gasteiger partial charge is 0.379 e. The minimum atomic E-state index is 0.0346. The molecule has 0 aromatic rings. The molecule has 0 aromatic heterocycles. The van der Waals surface area contributed by atoms with Crippen molar-refractivity contribution in [3.63, 3.8) is 0 Å². The van der Waals surface area contributed by atoms with Crippen molar-refractivity contribution in [2.24, 2.45) is 5.92 Å². The van der Waals surface area contributed by atoms with Crippen molar-refractivity contribution in [1.29, 1.82) is 0 Å². The Morgan fingerprint density at radius 1 is 0.828 bits per heavy atom. The fraction of sp³-hybridized carbons (Fsp3) is 0.909. The van der Waals surface area contributed by atoms with E-state index in [0.29, 0.717) is 13.2 Å². The molecule has 7 nitrogen and oxygen atoms in total. The average molecular weight is 417 g/mol. The van der Waals surface area contributed by atoms with Crippen LogP contribution in [-0.4, -0.2) is 76.0 Å². The maximum Gasteiger partial charge on any atom is 0.248 e. The Morgan fingerprint density at radius 2 is 1.41 bits per heavy atom. The Kier molecular flexibility index (Phi) is 18.1. The third-order valence-corrected chi connectivity index (χ3v) is 4.41. The van der Waals surface area contributed by atoms with Gasteiger partial charge < -0.3 is 24.4 Å². The van der Waals surface area contributed by atoms with Crippen LogP contribution in [0.3, 0.4) is 0 Å². The summed E-state index contributed by atoms with van der Waals surface area (Å²) in [5, 5.41) is 2.92. The number of hydrogen-bond acceptors (Lipinski definition) is 5. The zero-order chi connectivity index (χ0) is 21.9. The number of hydrogen-bond donors (Lipinski definition) is 1. The van der Waals surface area contributed by atoms with Gasteiger partial charge in [0.05, 0.1) is 19.3 Å². The highest BCUT2D eigenvalue weighted by Crippen LogP contribution is 2.00. The fourth-order valence-electron chi connectivity index (χ4n) is 2.45. The van der Waals surface area contributed by atoms with Gasteiger partial charge in [-0.2, -0.15) is 0 Å². The summed E-state index contributed by atoms with van der Waals surface area (Å²) in [5.41, 5.74) is 0. The number of amides is 2. The molecule has 7 heteroatoms. The summed E-state index contributed by atoms with van der Waals surface area (Å²) < 4.78 is 16.5. The van der Waals surface area contributed by atoms with E-state index >= 15 is 0 Å². The van der Waals surface area contributed by atoms with Crippen molar-refractivity contribution in [2.45, 2.75) is 72.3 Å². The van der Waals surface area contributed by atoms with Gasteiger partial charge >= 0.3 is 0 Å². The zero-order valence-electron chi connectivity index (χ0n) is 19.3. The Bertz CT molecular complexity index is 416. The molecule has 0 bridgehead atoms. The van der Waals surface area contributed by atoms with Gasteiger partial charge in [-0.25, -0.2) is 0 Å². The molecule has 0 aliphatic heterocycles. The van der Waals surface area contributed by atoms with Crippen LogP contribution < -0.4 is 5.32 Å². The van der Waals surface area contributed by atoms with Crippen LogP contribution in [0.4, 0.5) is 0 Å². The highest BCUT2D eigenvalue weighted by molar-refractivity contribution is 5.77. The van der Waals surface area contributed by atoms with Crippen molar-refractivity contribution >= 4 is 11.8 Å². The molecule has 0 heterocycles. The normalized spacial score (nSPS) is 11.3. The molecule has 0 aliphatic rings. The van der Waals surface area contributed by atoms with Gasteiger partial charge in [0.1, 0.15) is 6.61 Å². The lowest BCUT2D eigenvalue weighted by atomic mass is 10.2. The van der Waals surface area contributed by atoms with Crippen LogP contribution in [0.15, 0.2) is 0 Å². The van der Waals surface area contributed by atoms with E-state index in [2.05, 4.69) is 5.32 Å². The maximum atomic E-state index is 11.8. The SMILES string of the molecule is CC(C)OCC(=O)N(C)CCCCCOCCOCCCCCNC(=O)C(C)C. The molecular formula is C22H44N2O5. The van der Waals surface area contributed by atoms with E-state index in [4.69, 9.17) is 14.2 Å². The van der Waals surface area contributed by atoms with Crippen LogP contribution in [0, 0.1) is 5.92 Å². The third-order valence-electron chi connectivity index (χ3n) is 4.41. The number of rotatable bonds is 19. The van der Waals surface area contributed by atoms with E-state index in [1.54, 1.807) is 4.90 Å². The highest BCUT2D eigenvalue weighted by atomic mass is 16.5. The highest BCUT2D eigenvalue weighted by Gasteiger charge is 2.09. The Morgan fingerprint density at radius 3 is 1.97 bits per heavy atom. The number of carbonyl (C=O) groups is 2. The molecule has 0 saturated carbocycles. The monoisotopic (exact) mass is 416 g/mol. The molecule has 1 N–H and O–H groups in total. The number of unbranched alkanes of at least 4 members (excludes halogenated alkanes) is 4. The van der Waals surface area contributed by atoms with E-state index in [-0.39, 0.29) is 30.4 Å². The van der Waals surface area contributed by atoms with E-state index in [9.17, 15) is 9.59 Å². The molecule has 0 aromatic carbocycles. The van der Waals surface area contributed by atoms with E-state index < -0.39 is 0 Å². The number of carbonyl (C=O) groups excluding carboxylic acids is 2. The summed E-state index contributed by atoms with van der Waals surface area (Å²) in [5.74, 6) is 0.209. The lowest BCUT2D eigenvalue weighted by Gasteiger charge is -2.18. The number of likely N-dealkylation sites (N-methyl/N-ethyl adjacent to an activating group) is 1. The van der Waals surface area contributed by atoms with Crippen molar-refractivity contribution < 1.29 is 23.8 Å². The summed E-state index contributed by atoms with van der Waals surface area (Å²) in [7, 11) is 1.82. The average Bonchev–Trinajstić information content (AvgIpc) is 2.68. The van der Waals surface area contributed by atoms with Crippen LogP contribution in [-0.2, 0) is 23.8 Å². The standard InChI is InChI=1S/C22H44N2O5/c1-19(2)22(26)23-12-8-6-10-14-27-16-17-28-15-11-7-9-13-24(5)21(25)18-29-20(3)4/h19-20H,6-18H2,1-5H3,(H,23,26). The van der Waals surface area contributed by atoms with Gasteiger partial charge in [-0.15, -0.1) is 0 Å². The molecule has 0 spiro atoms. The maximum absolute atomic E-state index is 11.8. The van der Waals surface area contributed by atoms with E-state index in [1.165, 1.54) is 0 Å². The molecule has 0 radical (unpaired) electrons. The number of ether oxygens (including phenoxy) is 3. The molecule has 2 amide bonds. The number of nitrogens with one attached hydrogen (secondary N) is 1. The fourth-order valence-corrected chi connectivity index (χ4v) is 2.45. The smallest absolute Gasteiger partial charge is 0.248 e. The molecule has 0 saturated heterocycles. The molecule has 172 valence electrons. The third kappa shape index (κ3) is 18.6. The quantitative estimate of drug-likeness (QED) is 0.328. The molecule has 0 aliphatic carbocycles. The van der Waals surface area contributed by atoms with Gasteiger partial charge in [0.25, 0.3) is 0 Å². The van der Waals surface area contributed by atoms with Gasteiger partial charge in [-0.3, -0.25) is 9.59 Å². The molecular weight excluding hydrogens is 372 g/mol. The Balaban J connectivity index is 3.28. The summed E-state index contributed by atoms with van der Waals surface area (Å²) in [6.45, 7) is 12.0. The lowest BCUT2D eigenvalue weighted by Crippen LogP contribution is -2.32. The Hall–Kier alpha value is -1.18. The Labute approximate surface area is 177 Å². The molecule has 29 heavy (non-hydrogen) atoms. The predicted octanol–water partition coefficient (Wildman–Crippen LogP) is 3.02. The zero-order valence-corrected chi connectivity index (χ0v) is 19.3. The second-order valence-electron chi connectivity index (χ2n) is 7.97. The minimum absolute atomic E-state index is 0.0346. The van der Waals surface area contributed by atoms with Crippen LogP contribution in [0.1, 0.15) is 66.2 Å². The minimum Gasteiger partial charge on any atom is -0.379 e. The van der Waals surface area contributed by atoms with Crippen LogP contribution in [0.5, 0.6) is 0 Å². The topological polar surface area (TPSA) is 77.1 Å². The van der Waals surface area contributed by atoms with Gasteiger partial charge in [0.2, 0.25) is 11.8 Å². The molecule has 0 unspecified atom stereocenters. The van der Waals surface area contributed by atoms with Gasteiger partial charge in [0.15, 0.2) is 0 Å². The van der Waals surface area contributed by atoms with Gasteiger partial charge in [-0.05, 0) is 52.4 Å². The molecule has 0 fully saturated rings. The summed E-state index contributed by atoms with van der Waals surface area (Å²) in [6.07, 6.45) is 6.14. The van der Waals surface area contributed by atoms with E-state index in [0.717, 1.165) is 64.8 Å². The summed E-state index contributed by atoms with van der Waals surface area (Å²) >= 11 is 0. The second-order valence-corrected chi connectivity index (χ2v) is 7.97. The number of nitrogens with zero attached hydrogens (tertiary/aromatic N) is 1. The second kappa shape index (κ2) is 18.8. The first-order valence-corrected chi connectivity index (χ1v) is 11.1. The molecule has 0 rings (SSSR count). The van der Waals surface area contributed by atoms with Crippen LogP contribution >= 0.6 is 0 Å². The van der Waals surface area contributed by atoms with Crippen molar-refractivity contribution in [3.8, 4) is 0 Å². The molecule has 0 atom stereocenters. The van der Waals surface area contributed by atoms with Gasteiger partial charge in [-0.1, -0.05) is 13.8 Å². The van der Waals surface area contributed by atoms with Crippen LogP contribution in [0.2, 0.25) is 0 Å². The van der Waals surface area contributed by atoms with Gasteiger partial charge in [0, 0.05) is 39.3 Å². The first kappa shape index (κ1) is 27.8. The van der Waals surface area contributed by atoms with Crippen LogP contribution in [0.25, 0.3) is 0 Å². The first-order chi connectivity index (χ1) is 13.8. The van der Waals surface area contributed by atoms with E-state index in [1.807, 2.05) is 34.7 Å².